The standard InChI is InChI=1S/C26H22ClFN4O5/c1-3-31-25(34)30-24(32(26(31)35)15-16-4-8-18(27)9-5-16)29-19-10-13-22(21(28)14-19)37-20-11-6-17(7-12-20)23(33)36-2/h4-14H,3,15H2,1-2H3,(H,29,30,34). The number of aromatic nitrogens is 3. The van der Waals surface area contributed by atoms with Crippen molar-refractivity contribution in [2.45, 2.75) is 20.0 Å². The third-order valence-electron chi connectivity index (χ3n) is 5.41. The molecule has 0 spiro atoms. The van der Waals surface area contributed by atoms with Gasteiger partial charge in [0.2, 0.25) is 5.95 Å². The number of carbonyl (C=O) groups excluding carboxylic acids is 1. The van der Waals surface area contributed by atoms with Crippen LogP contribution in [0.5, 0.6) is 11.5 Å². The highest BCUT2D eigenvalue weighted by Crippen LogP contribution is 2.28. The van der Waals surface area contributed by atoms with Crippen LogP contribution in [-0.2, 0) is 17.8 Å². The topological polar surface area (TPSA) is 104 Å². The van der Waals surface area contributed by atoms with Crippen LogP contribution < -0.4 is 21.4 Å². The fourth-order valence-electron chi connectivity index (χ4n) is 3.50. The van der Waals surface area contributed by atoms with Crippen molar-refractivity contribution in [1.82, 2.24) is 14.1 Å². The highest BCUT2D eigenvalue weighted by molar-refractivity contribution is 6.30. The molecule has 0 bridgehead atoms. The van der Waals surface area contributed by atoms with Crippen molar-refractivity contribution in [3.05, 3.63) is 110 Å². The van der Waals surface area contributed by atoms with Gasteiger partial charge in [-0.1, -0.05) is 23.7 Å². The van der Waals surface area contributed by atoms with Gasteiger partial charge < -0.3 is 14.8 Å². The van der Waals surface area contributed by atoms with Crippen molar-refractivity contribution >= 4 is 29.2 Å². The first-order chi connectivity index (χ1) is 17.8. The molecule has 3 aromatic carbocycles. The first-order valence-corrected chi connectivity index (χ1v) is 11.6. The van der Waals surface area contributed by atoms with Crippen molar-refractivity contribution in [2.24, 2.45) is 0 Å². The Kier molecular flexibility index (Phi) is 7.69. The van der Waals surface area contributed by atoms with Crippen molar-refractivity contribution in [1.29, 1.82) is 0 Å². The fourth-order valence-corrected chi connectivity index (χ4v) is 3.63. The Morgan fingerprint density at radius 3 is 2.35 bits per heavy atom. The molecule has 0 saturated heterocycles. The molecule has 0 aliphatic rings. The van der Waals surface area contributed by atoms with E-state index < -0.39 is 23.2 Å². The van der Waals surface area contributed by atoms with E-state index in [1.54, 1.807) is 31.2 Å². The number of hydrogen-bond acceptors (Lipinski definition) is 7. The third kappa shape index (κ3) is 5.87. The molecular weight excluding hydrogens is 503 g/mol. The summed E-state index contributed by atoms with van der Waals surface area (Å²) in [6.45, 7) is 1.92. The Balaban J connectivity index is 1.60. The van der Waals surface area contributed by atoms with Gasteiger partial charge in [-0.05, 0) is 61.0 Å². The lowest BCUT2D eigenvalue weighted by Crippen LogP contribution is -2.42. The van der Waals surface area contributed by atoms with Gasteiger partial charge >= 0.3 is 17.3 Å². The smallest absolute Gasteiger partial charge is 0.354 e. The van der Waals surface area contributed by atoms with Crippen LogP contribution in [0.1, 0.15) is 22.8 Å². The molecule has 0 fully saturated rings. The second-order valence-electron chi connectivity index (χ2n) is 7.85. The van der Waals surface area contributed by atoms with Crippen LogP contribution in [0.3, 0.4) is 0 Å². The molecule has 1 N–H and O–H groups in total. The van der Waals surface area contributed by atoms with Gasteiger partial charge in [0.1, 0.15) is 5.75 Å². The predicted molar refractivity (Wildman–Crippen MR) is 137 cm³/mol. The zero-order valence-electron chi connectivity index (χ0n) is 19.9. The number of methoxy groups -OCH3 is 1. The van der Waals surface area contributed by atoms with Crippen LogP contribution in [-0.4, -0.2) is 27.2 Å². The minimum absolute atomic E-state index is 0.0406. The van der Waals surface area contributed by atoms with Crippen LogP contribution >= 0.6 is 11.6 Å². The summed E-state index contributed by atoms with van der Waals surface area (Å²) in [5.74, 6) is -0.988. The molecule has 9 nitrogen and oxygen atoms in total. The van der Waals surface area contributed by atoms with Gasteiger partial charge in [0.25, 0.3) is 0 Å². The maximum absolute atomic E-state index is 14.9. The molecular formula is C26H22ClFN4O5. The first kappa shape index (κ1) is 25.6. The predicted octanol–water partition coefficient (Wildman–Crippen LogP) is 4.59. The Hall–Kier alpha value is -4.44. The second-order valence-corrected chi connectivity index (χ2v) is 8.28. The van der Waals surface area contributed by atoms with Gasteiger partial charge in [0.05, 0.1) is 19.2 Å². The molecule has 37 heavy (non-hydrogen) atoms. The summed E-state index contributed by atoms with van der Waals surface area (Å²) in [7, 11) is 1.28. The summed E-state index contributed by atoms with van der Waals surface area (Å²) in [6.07, 6.45) is 0. The molecule has 1 heterocycles. The molecule has 0 aliphatic heterocycles. The lowest BCUT2D eigenvalue weighted by Gasteiger charge is -2.16. The zero-order chi connectivity index (χ0) is 26.5. The Bertz CT molecular complexity index is 1550. The number of hydrogen-bond donors (Lipinski definition) is 1. The van der Waals surface area contributed by atoms with Crippen molar-refractivity contribution in [3.63, 3.8) is 0 Å². The van der Waals surface area contributed by atoms with Gasteiger partial charge in [0.15, 0.2) is 11.6 Å². The average Bonchev–Trinajstić information content (AvgIpc) is 2.89. The minimum atomic E-state index is -0.724. The van der Waals surface area contributed by atoms with Crippen LogP contribution in [0.25, 0.3) is 0 Å². The maximum Gasteiger partial charge on any atom is 0.354 e. The van der Waals surface area contributed by atoms with Gasteiger partial charge in [0, 0.05) is 23.3 Å². The summed E-state index contributed by atoms with van der Waals surface area (Å²) >= 11 is 5.95. The second kappa shape index (κ2) is 11.1. The van der Waals surface area contributed by atoms with Gasteiger partial charge in [-0.3, -0.25) is 4.57 Å². The average molecular weight is 525 g/mol. The molecule has 0 radical (unpaired) electrons. The SMILES string of the molecule is CCn1c(=O)nc(Nc2ccc(Oc3ccc(C(=O)OC)cc3)c(F)c2)n(Cc2ccc(Cl)cc2)c1=O. The molecule has 11 heteroatoms. The molecule has 0 unspecified atom stereocenters. The number of rotatable bonds is 8. The van der Waals surface area contributed by atoms with Gasteiger partial charge in [-0.2, -0.15) is 4.98 Å². The summed E-state index contributed by atoms with van der Waals surface area (Å²) in [4.78, 5) is 41.0. The van der Waals surface area contributed by atoms with Crippen LogP contribution in [0.2, 0.25) is 5.02 Å². The first-order valence-electron chi connectivity index (χ1n) is 11.2. The number of halogens is 2. The number of carbonyl (C=O) groups is 1. The highest BCUT2D eigenvalue weighted by Gasteiger charge is 2.15. The van der Waals surface area contributed by atoms with Crippen LogP contribution in [0, 0.1) is 5.82 Å². The number of esters is 1. The minimum Gasteiger partial charge on any atom is -0.465 e. The third-order valence-corrected chi connectivity index (χ3v) is 5.66. The summed E-state index contributed by atoms with van der Waals surface area (Å²) < 4.78 is 27.4. The van der Waals surface area contributed by atoms with E-state index in [2.05, 4.69) is 15.0 Å². The maximum atomic E-state index is 14.9. The van der Waals surface area contributed by atoms with Crippen molar-refractivity contribution in [2.75, 3.05) is 12.4 Å². The van der Waals surface area contributed by atoms with E-state index in [1.165, 1.54) is 48.1 Å². The summed E-state index contributed by atoms with van der Waals surface area (Å²) in [5.41, 5.74) is 0.0491. The quantitative estimate of drug-likeness (QED) is 0.336. The summed E-state index contributed by atoms with van der Waals surface area (Å²) in [6, 6.07) is 17.0. The van der Waals surface area contributed by atoms with Crippen LogP contribution in [0.4, 0.5) is 16.0 Å². The molecule has 4 aromatic rings. The number of anilines is 2. The normalized spacial score (nSPS) is 10.7. The highest BCUT2D eigenvalue weighted by atomic mass is 35.5. The molecule has 0 saturated carbocycles. The van der Waals surface area contributed by atoms with E-state index in [1.807, 2.05) is 0 Å². The lowest BCUT2D eigenvalue weighted by molar-refractivity contribution is 0.0600. The number of nitrogens with one attached hydrogen (secondary N) is 1. The van der Waals surface area contributed by atoms with E-state index in [9.17, 15) is 18.8 Å². The number of ether oxygens (including phenoxy) is 2. The molecule has 0 aliphatic carbocycles. The van der Waals surface area contributed by atoms with E-state index >= 15 is 0 Å². The Morgan fingerprint density at radius 2 is 1.73 bits per heavy atom. The lowest BCUT2D eigenvalue weighted by atomic mass is 10.2. The fraction of sp³-hybridized carbons (Fsp3) is 0.154. The van der Waals surface area contributed by atoms with E-state index in [0.717, 1.165) is 16.2 Å². The Labute approximate surface area is 215 Å². The largest absolute Gasteiger partial charge is 0.465 e. The molecule has 1 aromatic heterocycles. The number of nitrogens with zero attached hydrogens (tertiary/aromatic N) is 3. The van der Waals surface area contributed by atoms with E-state index in [-0.39, 0.29) is 30.5 Å². The number of benzene rings is 3. The van der Waals surface area contributed by atoms with Crippen molar-refractivity contribution < 1.29 is 18.7 Å². The van der Waals surface area contributed by atoms with Crippen molar-refractivity contribution in [3.8, 4) is 11.5 Å². The molecule has 0 atom stereocenters. The van der Waals surface area contributed by atoms with Gasteiger partial charge in [-0.25, -0.2) is 23.3 Å². The zero-order valence-corrected chi connectivity index (χ0v) is 20.7. The van der Waals surface area contributed by atoms with Crippen LogP contribution in [0.15, 0.2) is 76.3 Å². The monoisotopic (exact) mass is 524 g/mol. The van der Waals surface area contributed by atoms with E-state index in [0.29, 0.717) is 16.3 Å². The summed E-state index contributed by atoms with van der Waals surface area (Å²) in [5, 5.41) is 3.41. The Morgan fingerprint density at radius 1 is 1.03 bits per heavy atom. The van der Waals surface area contributed by atoms with E-state index in [4.69, 9.17) is 16.3 Å². The molecule has 190 valence electrons. The van der Waals surface area contributed by atoms with Gasteiger partial charge in [-0.15, -0.1) is 0 Å². The molecule has 0 amide bonds. The molecule has 4 rings (SSSR count).